The Labute approximate surface area is 174 Å². The zero-order valence-corrected chi connectivity index (χ0v) is 16.5. The second kappa shape index (κ2) is 10.6. The number of hydrogen-bond acceptors (Lipinski definition) is 5. The Morgan fingerprint density at radius 2 is 1.80 bits per heavy atom. The van der Waals surface area contributed by atoms with Crippen molar-refractivity contribution >= 4 is 17.8 Å². The van der Waals surface area contributed by atoms with E-state index in [1.807, 2.05) is 36.4 Å². The van der Waals surface area contributed by atoms with Gasteiger partial charge in [0.1, 0.15) is 12.4 Å². The Morgan fingerprint density at radius 3 is 2.53 bits per heavy atom. The van der Waals surface area contributed by atoms with Crippen LogP contribution in [0.5, 0.6) is 11.5 Å². The summed E-state index contributed by atoms with van der Waals surface area (Å²) in [6.45, 7) is 0.445. The van der Waals surface area contributed by atoms with Gasteiger partial charge in [0.2, 0.25) is 0 Å². The summed E-state index contributed by atoms with van der Waals surface area (Å²) in [6, 6.07) is 21.0. The molecule has 0 aliphatic carbocycles. The fourth-order valence-electron chi connectivity index (χ4n) is 2.59. The molecule has 0 aromatic heterocycles. The van der Waals surface area contributed by atoms with E-state index in [9.17, 15) is 9.18 Å². The van der Waals surface area contributed by atoms with Gasteiger partial charge in [-0.25, -0.2) is 9.82 Å². The SMILES string of the molecule is COc1cc(/C=N\NC(=O)CNc2ccc(F)cc2)ccc1OCc1ccccc1. The lowest BCUT2D eigenvalue weighted by Gasteiger charge is -2.11. The molecule has 0 bridgehead atoms. The molecule has 7 heteroatoms. The molecular formula is C23H22FN3O3. The standard InChI is InChI=1S/C23H22FN3O3/c1-29-22-13-18(7-12-21(22)30-16-17-5-3-2-4-6-17)14-26-27-23(28)15-25-20-10-8-19(24)9-11-20/h2-14,25H,15-16H2,1H3,(H,27,28)/b26-14-. The zero-order chi connectivity index (χ0) is 21.2. The van der Waals surface area contributed by atoms with Crippen LogP contribution in [0.4, 0.5) is 10.1 Å². The third-order valence-corrected chi connectivity index (χ3v) is 4.13. The molecule has 30 heavy (non-hydrogen) atoms. The predicted molar refractivity (Wildman–Crippen MR) is 114 cm³/mol. The number of methoxy groups -OCH3 is 1. The smallest absolute Gasteiger partial charge is 0.259 e. The summed E-state index contributed by atoms with van der Waals surface area (Å²) in [6.07, 6.45) is 1.51. The molecule has 0 unspecified atom stereocenters. The number of benzene rings is 3. The normalized spacial score (nSPS) is 10.6. The van der Waals surface area contributed by atoms with Crippen molar-refractivity contribution in [2.24, 2.45) is 5.10 Å². The van der Waals surface area contributed by atoms with E-state index >= 15 is 0 Å². The molecule has 3 aromatic carbocycles. The topological polar surface area (TPSA) is 72.0 Å². The largest absolute Gasteiger partial charge is 0.493 e. The van der Waals surface area contributed by atoms with Crippen LogP contribution in [0, 0.1) is 5.82 Å². The van der Waals surface area contributed by atoms with Crippen molar-refractivity contribution in [2.45, 2.75) is 6.61 Å². The minimum Gasteiger partial charge on any atom is -0.493 e. The maximum absolute atomic E-state index is 12.9. The molecule has 3 aromatic rings. The van der Waals surface area contributed by atoms with E-state index in [1.54, 1.807) is 31.4 Å². The number of amides is 1. The van der Waals surface area contributed by atoms with E-state index in [1.165, 1.54) is 18.3 Å². The van der Waals surface area contributed by atoms with E-state index < -0.39 is 0 Å². The van der Waals surface area contributed by atoms with Gasteiger partial charge < -0.3 is 14.8 Å². The number of rotatable bonds is 9. The van der Waals surface area contributed by atoms with Crippen LogP contribution < -0.4 is 20.2 Å². The van der Waals surface area contributed by atoms with Crippen LogP contribution in [0.1, 0.15) is 11.1 Å². The summed E-state index contributed by atoms with van der Waals surface area (Å²) in [4.78, 5) is 11.9. The maximum atomic E-state index is 12.9. The number of hydrazone groups is 1. The molecule has 154 valence electrons. The molecule has 0 aliphatic heterocycles. The Morgan fingerprint density at radius 1 is 1.03 bits per heavy atom. The van der Waals surface area contributed by atoms with Gasteiger partial charge in [0.05, 0.1) is 19.9 Å². The average molecular weight is 407 g/mol. The second-order valence-electron chi connectivity index (χ2n) is 6.34. The van der Waals surface area contributed by atoms with Crippen LogP contribution in [-0.4, -0.2) is 25.8 Å². The van der Waals surface area contributed by atoms with Gasteiger partial charge in [-0.15, -0.1) is 0 Å². The van der Waals surface area contributed by atoms with Gasteiger partial charge in [-0.3, -0.25) is 4.79 Å². The second-order valence-corrected chi connectivity index (χ2v) is 6.34. The maximum Gasteiger partial charge on any atom is 0.259 e. The van der Waals surface area contributed by atoms with E-state index in [0.717, 1.165) is 11.1 Å². The molecule has 0 aliphatic rings. The quantitative estimate of drug-likeness (QED) is 0.416. The number of nitrogens with one attached hydrogen (secondary N) is 2. The van der Waals surface area contributed by atoms with Crippen LogP contribution in [0.2, 0.25) is 0 Å². The molecule has 0 atom stereocenters. The van der Waals surface area contributed by atoms with Crippen molar-refractivity contribution in [3.05, 3.63) is 89.7 Å². The van der Waals surface area contributed by atoms with Gasteiger partial charge in [0.15, 0.2) is 11.5 Å². The van der Waals surface area contributed by atoms with Gasteiger partial charge in [-0.05, 0) is 53.6 Å². The van der Waals surface area contributed by atoms with E-state index in [4.69, 9.17) is 9.47 Å². The Balaban J connectivity index is 1.50. The number of anilines is 1. The van der Waals surface area contributed by atoms with Crippen LogP contribution >= 0.6 is 0 Å². The van der Waals surface area contributed by atoms with Gasteiger partial charge >= 0.3 is 0 Å². The molecule has 2 N–H and O–H groups in total. The third-order valence-electron chi connectivity index (χ3n) is 4.13. The number of carbonyl (C=O) groups excluding carboxylic acids is 1. The van der Waals surface area contributed by atoms with Crippen molar-refractivity contribution in [3.63, 3.8) is 0 Å². The van der Waals surface area contributed by atoms with Crippen LogP contribution in [0.3, 0.4) is 0 Å². The third kappa shape index (κ3) is 6.34. The van der Waals surface area contributed by atoms with E-state index in [0.29, 0.717) is 23.8 Å². The van der Waals surface area contributed by atoms with Gasteiger partial charge in [0, 0.05) is 5.69 Å². The highest BCUT2D eigenvalue weighted by Crippen LogP contribution is 2.28. The summed E-state index contributed by atoms with van der Waals surface area (Å²) >= 11 is 0. The number of carbonyl (C=O) groups is 1. The molecule has 1 amide bonds. The van der Waals surface area contributed by atoms with Gasteiger partial charge in [-0.2, -0.15) is 5.10 Å². The molecule has 3 rings (SSSR count). The molecule has 0 saturated carbocycles. The fourth-order valence-corrected chi connectivity index (χ4v) is 2.59. The summed E-state index contributed by atoms with van der Waals surface area (Å²) in [5.41, 5.74) is 4.88. The molecule has 0 fully saturated rings. The lowest BCUT2D eigenvalue weighted by Crippen LogP contribution is -2.25. The number of nitrogens with zero attached hydrogens (tertiary/aromatic N) is 1. The van der Waals surface area contributed by atoms with Crippen LogP contribution in [-0.2, 0) is 11.4 Å². The molecule has 6 nitrogen and oxygen atoms in total. The van der Waals surface area contributed by atoms with E-state index in [2.05, 4.69) is 15.8 Å². The monoisotopic (exact) mass is 407 g/mol. The molecule has 0 spiro atoms. The van der Waals surface area contributed by atoms with Crippen LogP contribution in [0.15, 0.2) is 77.9 Å². The molecule has 0 heterocycles. The van der Waals surface area contributed by atoms with Gasteiger partial charge in [-0.1, -0.05) is 30.3 Å². The molecule has 0 saturated heterocycles. The highest BCUT2D eigenvalue weighted by atomic mass is 19.1. The van der Waals surface area contributed by atoms with Crippen molar-refractivity contribution in [2.75, 3.05) is 19.0 Å². The fraction of sp³-hybridized carbons (Fsp3) is 0.130. The Kier molecular flexibility index (Phi) is 7.38. The van der Waals surface area contributed by atoms with Crippen molar-refractivity contribution in [1.82, 2.24) is 5.43 Å². The highest BCUT2D eigenvalue weighted by molar-refractivity contribution is 5.84. The molecular weight excluding hydrogens is 385 g/mol. The summed E-state index contributed by atoms with van der Waals surface area (Å²) in [5.74, 6) is 0.525. The Hall–Kier alpha value is -3.87. The minimum atomic E-state index is -0.332. The summed E-state index contributed by atoms with van der Waals surface area (Å²) in [7, 11) is 1.56. The zero-order valence-electron chi connectivity index (χ0n) is 16.5. The first-order valence-corrected chi connectivity index (χ1v) is 9.30. The highest BCUT2D eigenvalue weighted by Gasteiger charge is 2.06. The minimum absolute atomic E-state index is 0.0125. The lowest BCUT2D eigenvalue weighted by atomic mass is 10.2. The predicted octanol–water partition coefficient (Wildman–Crippen LogP) is 3.98. The van der Waals surface area contributed by atoms with Crippen molar-refractivity contribution in [1.29, 1.82) is 0 Å². The molecule has 0 radical (unpaired) electrons. The first kappa shape index (κ1) is 20.9. The van der Waals surface area contributed by atoms with Crippen molar-refractivity contribution < 1.29 is 18.7 Å². The number of halogens is 1. The first-order valence-electron chi connectivity index (χ1n) is 9.30. The lowest BCUT2D eigenvalue weighted by molar-refractivity contribution is -0.119. The first-order chi connectivity index (χ1) is 14.6. The van der Waals surface area contributed by atoms with Gasteiger partial charge in [0.25, 0.3) is 5.91 Å². The summed E-state index contributed by atoms with van der Waals surface area (Å²) < 4.78 is 24.1. The Bertz CT molecular complexity index is 992. The summed E-state index contributed by atoms with van der Waals surface area (Å²) in [5, 5.41) is 6.83. The van der Waals surface area contributed by atoms with Crippen molar-refractivity contribution in [3.8, 4) is 11.5 Å². The number of ether oxygens (including phenoxy) is 2. The number of hydrogen-bond donors (Lipinski definition) is 2. The average Bonchev–Trinajstić information content (AvgIpc) is 2.78. The van der Waals surface area contributed by atoms with Crippen LogP contribution in [0.25, 0.3) is 0 Å². The van der Waals surface area contributed by atoms with E-state index in [-0.39, 0.29) is 18.3 Å².